The lowest BCUT2D eigenvalue weighted by molar-refractivity contribution is -0.200. The minimum absolute atomic E-state index is 0.0882. The summed E-state index contributed by atoms with van der Waals surface area (Å²) in [5, 5.41) is 9.16. The molecule has 1 heterocycles. The number of carbonyl (C=O) groups is 3. The highest BCUT2D eigenvalue weighted by Crippen LogP contribution is 2.16. The third kappa shape index (κ3) is 3.81. The van der Waals surface area contributed by atoms with E-state index in [1.54, 1.807) is 6.92 Å². The molecule has 0 bridgehead atoms. The summed E-state index contributed by atoms with van der Waals surface area (Å²) in [5.41, 5.74) is 0. The monoisotopic (exact) mass is 243 g/mol. The average molecular weight is 243 g/mol. The number of unbranched alkanes of at least 4 members (excludes halogenated alkanes) is 1. The summed E-state index contributed by atoms with van der Waals surface area (Å²) in [4.78, 5) is 38.7. The Morgan fingerprint density at radius 3 is 2.47 bits per heavy atom. The van der Waals surface area contributed by atoms with Gasteiger partial charge in [-0.05, 0) is 12.8 Å². The van der Waals surface area contributed by atoms with Gasteiger partial charge in [0.05, 0.1) is 5.92 Å². The van der Waals surface area contributed by atoms with Crippen molar-refractivity contribution in [3.05, 3.63) is 0 Å². The quantitative estimate of drug-likeness (QED) is 0.539. The summed E-state index contributed by atoms with van der Waals surface area (Å²) < 4.78 is 0. The molecule has 6 heteroatoms. The van der Waals surface area contributed by atoms with Crippen LogP contribution in [0.5, 0.6) is 0 Å². The van der Waals surface area contributed by atoms with Crippen LogP contribution in [-0.2, 0) is 19.2 Å². The molecule has 6 nitrogen and oxygen atoms in total. The summed E-state index contributed by atoms with van der Waals surface area (Å²) >= 11 is 0. The SMILES string of the molecule is CC(CCCCO)C(=O)ON1C(=O)CCC1=O. The Kier molecular flexibility index (Phi) is 5.09. The molecule has 0 spiro atoms. The Labute approximate surface area is 99.5 Å². The molecular weight excluding hydrogens is 226 g/mol. The average Bonchev–Trinajstić information content (AvgIpc) is 2.61. The highest BCUT2D eigenvalue weighted by atomic mass is 16.7. The molecule has 0 aromatic carbocycles. The summed E-state index contributed by atoms with van der Waals surface area (Å²) in [7, 11) is 0. The first-order valence-corrected chi connectivity index (χ1v) is 5.74. The van der Waals surface area contributed by atoms with Crippen LogP contribution in [0.2, 0.25) is 0 Å². The number of hydrogen-bond donors (Lipinski definition) is 1. The Morgan fingerprint density at radius 1 is 1.35 bits per heavy atom. The van der Waals surface area contributed by atoms with E-state index in [0.29, 0.717) is 24.3 Å². The third-order valence-electron chi connectivity index (χ3n) is 2.63. The van der Waals surface area contributed by atoms with Gasteiger partial charge in [0.15, 0.2) is 0 Å². The fourth-order valence-electron chi connectivity index (χ4n) is 1.52. The molecule has 1 fully saturated rings. The first kappa shape index (κ1) is 13.6. The summed E-state index contributed by atoms with van der Waals surface area (Å²) in [5.74, 6) is -1.90. The lowest BCUT2D eigenvalue weighted by Gasteiger charge is -2.15. The fraction of sp³-hybridized carbons (Fsp3) is 0.727. The van der Waals surface area contributed by atoms with E-state index < -0.39 is 17.8 Å². The normalized spacial score (nSPS) is 17.4. The third-order valence-corrected chi connectivity index (χ3v) is 2.63. The van der Waals surface area contributed by atoms with E-state index in [4.69, 9.17) is 9.94 Å². The van der Waals surface area contributed by atoms with Gasteiger partial charge < -0.3 is 9.94 Å². The number of amides is 2. The van der Waals surface area contributed by atoms with Crippen molar-refractivity contribution in [1.29, 1.82) is 0 Å². The second-order valence-corrected chi connectivity index (χ2v) is 4.11. The van der Waals surface area contributed by atoms with Gasteiger partial charge in [-0.3, -0.25) is 9.59 Å². The van der Waals surface area contributed by atoms with E-state index in [1.807, 2.05) is 0 Å². The van der Waals surface area contributed by atoms with E-state index in [2.05, 4.69) is 0 Å². The highest BCUT2D eigenvalue weighted by Gasteiger charge is 2.33. The van der Waals surface area contributed by atoms with E-state index in [-0.39, 0.29) is 25.4 Å². The number of hydrogen-bond acceptors (Lipinski definition) is 5. The molecule has 1 unspecified atom stereocenters. The zero-order valence-corrected chi connectivity index (χ0v) is 9.85. The largest absolute Gasteiger partial charge is 0.396 e. The van der Waals surface area contributed by atoms with Gasteiger partial charge in [0.2, 0.25) is 0 Å². The topological polar surface area (TPSA) is 83.9 Å². The molecule has 1 aliphatic heterocycles. The summed E-state index contributed by atoms with van der Waals surface area (Å²) in [6.45, 7) is 1.76. The van der Waals surface area contributed by atoms with Crippen LogP contribution >= 0.6 is 0 Å². The number of aliphatic hydroxyl groups excluding tert-OH is 1. The van der Waals surface area contributed by atoms with Crippen molar-refractivity contribution in [2.75, 3.05) is 6.61 Å². The van der Waals surface area contributed by atoms with Gasteiger partial charge in [-0.1, -0.05) is 13.3 Å². The molecule has 0 saturated carbocycles. The first-order chi connectivity index (χ1) is 8.06. The second-order valence-electron chi connectivity index (χ2n) is 4.11. The van der Waals surface area contributed by atoms with Crippen molar-refractivity contribution in [3.8, 4) is 0 Å². The van der Waals surface area contributed by atoms with Crippen LogP contribution in [0.4, 0.5) is 0 Å². The van der Waals surface area contributed by atoms with Gasteiger partial charge in [0, 0.05) is 19.4 Å². The fourth-order valence-corrected chi connectivity index (χ4v) is 1.52. The van der Waals surface area contributed by atoms with E-state index in [1.165, 1.54) is 0 Å². The lowest BCUT2D eigenvalue weighted by atomic mass is 10.1. The highest BCUT2D eigenvalue weighted by molar-refractivity contribution is 6.01. The van der Waals surface area contributed by atoms with Crippen molar-refractivity contribution in [2.45, 2.75) is 39.0 Å². The molecule has 1 rings (SSSR count). The minimum Gasteiger partial charge on any atom is -0.396 e. The molecule has 1 aliphatic rings. The number of imide groups is 1. The number of hydroxylamine groups is 2. The van der Waals surface area contributed by atoms with Crippen molar-refractivity contribution in [3.63, 3.8) is 0 Å². The van der Waals surface area contributed by atoms with Crippen molar-refractivity contribution in [2.24, 2.45) is 5.92 Å². The van der Waals surface area contributed by atoms with E-state index in [9.17, 15) is 14.4 Å². The lowest BCUT2D eigenvalue weighted by Crippen LogP contribution is -2.34. The van der Waals surface area contributed by atoms with Gasteiger partial charge in [0.25, 0.3) is 11.8 Å². The number of aliphatic hydroxyl groups is 1. The van der Waals surface area contributed by atoms with Crippen LogP contribution in [0.1, 0.15) is 39.0 Å². The molecule has 1 saturated heterocycles. The Morgan fingerprint density at radius 2 is 1.94 bits per heavy atom. The molecule has 0 aromatic rings. The van der Waals surface area contributed by atoms with Crippen LogP contribution in [-0.4, -0.2) is 34.6 Å². The number of carbonyl (C=O) groups excluding carboxylic acids is 3. The molecule has 2 amide bonds. The van der Waals surface area contributed by atoms with Crippen LogP contribution in [0.25, 0.3) is 0 Å². The molecule has 1 atom stereocenters. The van der Waals surface area contributed by atoms with Crippen LogP contribution in [0.15, 0.2) is 0 Å². The minimum atomic E-state index is -0.577. The smallest absolute Gasteiger partial charge is 0.335 e. The van der Waals surface area contributed by atoms with Crippen LogP contribution in [0, 0.1) is 5.92 Å². The summed E-state index contributed by atoms with van der Waals surface area (Å²) in [6, 6.07) is 0. The van der Waals surface area contributed by atoms with Crippen molar-refractivity contribution in [1.82, 2.24) is 5.06 Å². The van der Waals surface area contributed by atoms with Gasteiger partial charge >= 0.3 is 5.97 Å². The second kappa shape index (κ2) is 6.34. The molecule has 0 aliphatic carbocycles. The van der Waals surface area contributed by atoms with Gasteiger partial charge in [-0.15, -0.1) is 5.06 Å². The van der Waals surface area contributed by atoms with E-state index >= 15 is 0 Å². The van der Waals surface area contributed by atoms with Crippen LogP contribution in [0.3, 0.4) is 0 Å². The van der Waals surface area contributed by atoms with Crippen LogP contribution < -0.4 is 0 Å². The zero-order chi connectivity index (χ0) is 12.8. The van der Waals surface area contributed by atoms with E-state index in [0.717, 1.165) is 0 Å². The van der Waals surface area contributed by atoms with Crippen molar-refractivity contribution >= 4 is 17.8 Å². The van der Waals surface area contributed by atoms with Crippen molar-refractivity contribution < 1.29 is 24.3 Å². The van der Waals surface area contributed by atoms with Gasteiger partial charge in [-0.25, -0.2) is 4.79 Å². The Hall–Kier alpha value is -1.43. The van der Waals surface area contributed by atoms with Gasteiger partial charge in [-0.2, -0.15) is 0 Å². The molecular formula is C11H17NO5. The maximum Gasteiger partial charge on any atom is 0.335 e. The molecule has 0 radical (unpaired) electrons. The van der Waals surface area contributed by atoms with Gasteiger partial charge in [0.1, 0.15) is 0 Å². The maximum absolute atomic E-state index is 11.6. The summed E-state index contributed by atoms with van der Waals surface area (Å²) in [6.07, 6.45) is 2.10. The predicted octanol–water partition coefficient (Wildman–Crippen LogP) is 0.392. The first-order valence-electron chi connectivity index (χ1n) is 5.74. The number of rotatable bonds is 6. The zero-order valence-electron chi connectivity index (χ0n) is 9.85. The molecule has 96 valence electrons. The molecule has 17 heavy (non-hydrogen) atoms. The molecule has 1 N–H and O–H groups in total. The molecule has 0 aromatic heterocycles. The Bertz CT molecular complexity index is 299. The Balaban J connectivity index is 2.37. The standard InChI is InChI=1S/C11H17NO5/c1-8(4-2-3-7-13)11(16)17-12-9(14)5-6-10(12)15/h8,13H,2-7H2,1H3. The maximum atomic E-state index is 11.6. The predicted molar refractivity (Wildman–Crippen MR) is 57.3 cm³/mol. The number of nitrogens with zero attached hydrogens (tertiary/aromatic N) is 1.